The highest BCUT2D eigenvalue weighted by molar-refractivity contribution is 5.92. The highest BCUT2D eigenvalue weighted by Gasteiger charge is 2.37. The summed E-state index contributed by atoms with van der Waals surface area (Å²) < 4.78 is 0. The molecular formula is C32H49N5O3. The number of anilines is 2. The van der Waals surface area contributed by atoms with Crippen LogP contribution in [0.2, 0.25) is 0 Å². The SMILES string of the molecule is C[C@H](NC(=O)[C@H](CC(=O)N1CCC[C@@H]1C)NC(=O)CCC(C)(C)C)C1Nc2ccccc2N1C1=CCCCCC1. The van der Waals surface area contributed by atoms with Crippen molar-refractivity contribution in [3.05, 3.63) is 36.0 Å². The Kier molecular flexibility index (Phi) is 9.80. The first-order chi connectivity index (χ1) is 19.0. The Morgan fingerprint density at radius 3 is 2.58 bits per heavy atom. The van der Waals surface area contributed by atoms with Crippen LogP contribution < -0.4 is 20.9 Å². The van der Waals surface area contributed by atoms with Gasteiger partial charge in [-0.3, -0.25) is 14.4 Å². The van der Waals surface area contributed by atoms with Crippen molar-refractivity contribution < 1.29 is 14.4 Å². The van der Waals surface area contributed by atoms with Crippen LogP contribution in [0.5, 0.6) is 0 Å². The van der Waals surface area contributed by atoms with Gasteiger partial charge in [-0.2, -0.15) is 0 Å². The van der Waals surface area contributed by atoms with Crippen LogP contribution in [0.25, 0.3) is 0 Å². The molecule has 0 spiro atoms. The first-order valence-electron chi connectivity index (χ1n) is 15.3. The fraction of sp³-hybridized carbons (Fsp3) is 0.656. The summed E-state index contributed by atoms with van der Waals surface area (Å²) in [7, 11) is 0. The van der Waals surface area contributed by atoms with E-state index in [-0.39, 0.29) is 47.8 Å². The summed E-state index contributed by atoms with van der Waals surface area (Å²) in [5.74, 6) is -0.587. The molecule has 8 heteroatoms. The van der Waals surface area contributed by atoms with Crippen LogP contribution in [-0.4, -0.2) is 53.5 Å². The standard InChI is InChI=1S/C32H49N5O3/c1-22-13-12-20-36(22)29(39)21-26(34-28(38)18-19-32(3,4)5)31(40)33-23(2)30-35-25-16-10-11-17-27(25)37(30)24-14-8-6-7-9-15-24/h10-11,14,16-17,22-23,26,30,35H,6-9,12-13,15,18-21H2,1-5H3,(H,33,40)(H,34,38)/t22-,23-,26-,30?/m0/s1. The fourth-order valence-corrected chi connectivity index (χ4v) is 6.04. The van der Waals surface area contributed by atoms with E-state index >= 15 is 0 Å². The minimum Gasteiger partial charge on any atom is -0.362 e. The summed E-state index contributed by atoms with van der Waals surface area (Å²) >= 11 is 0. The summed E-state index contributed by atoms with van der Waals surface area (Å²) in [6, 6.07) is 7.23. The number of allylic oxidation sites excluding steroid dienone is 2. The van der Waals surface area contributed by atoms with Gasteiger partial charge in [0.25, 0.3) is 0 Å². The molecule has 2 heterocycles. The molecule has 0 aromatic heterocycles. The van der Waals surface area contributed by atoms with E-state index in [4.69, 9.17) is 0 Å². The lowest BCUT2D eigenvalue weighted by molar-refractivity contribution is -0.137. The molecule has 40 heavy (non-hydrogen) atoms. The van der Waals surface area contributed by atoms with Gasteiger partial charge in [0.1, 0.15) is 12.2 Å². The number of para-hydroxylation sites is 2. The molecule has 220 valence electrons. The van der Waals surface area contributed by atoms with E-state index in [1.165, 1.54) is 18.5 Å². The van der Waals surface area contributed by atoms with Gasteiger partial charge in [-0.05, 0) is 76.3 Å². The smallest absolute Gasteiger partial charge is 0.243 e. The molecule has 1 aromatic rings. The van der Waals surface area contributed by atoms with E-state index in [2.05, 4.69) is 59.8 Å². The third kappa shape index (κ3) is 7.58. The van der Waals surface area contributed by atoms with Crippen LogP contribution in [0.3, 0.4) is 0 Å². The molecule has 3 N–H and O–H groups in total. The molecule has 1 fully saturated rings. The molecule has 0 bridgehead atoms. The van der Waals surface area contributed by atoms with Gasteiger partial charge in [0, 0.05) is 24.7 Å². The van der Waals surface area contributed by atoms with E-state index in [1.54, 1.807) is 0 Å². The molecule has 1 aromatic carbocycles. The fourth-order valence-electron chi connectivity index (χ4n) is 6.04. The average molecular weight is 552 g/mol. The number of hydrogen-bond acceptors (Lipinski definition) is 5. The van der Waals surface area contributed by atoms with Crippen molar-refractivity contribution in [1.82, 2.24) is 15.5 Å². The second-order valence-corrected chi connectivity index (χ2v) is 13.0. The molecule has 3 aliphatic rings. The maximum atomic E-state index is 13.7. The molecule has 3 amide bonds. The van der Waals surface area contributed by atoms with Gasteiger partial charge in [-0.1, -0.05) is 45.4 Å². The Hall–Kier alpha value is -3.03. The van der Waals surface area contributed by atoms with Gasteiger partial charge in [-0.15, -0.1) is 0 Å². The summed E-state index contributed by atoms with van der Waals surface area (Å²) in [6.45, 7) is 11.0. The number of carbonyl (C=O) groups is 3. The summed E-state index contributed by atoms with van der Waals surface area (Å²) in [5.41, 5.74) is 3.45. The van der Waals surface area contributed by atoms with E-state index in [9.17, 15) is 14.4 Å². The third-order valence-corrected chi connectivity index (χ3v) is 8.42. The highest BCUT2D eigenvalue weighted by atomic mass is 16.2. The summed E-state index contributed by atoms with van der Waals surface area (Å²) in [5, 5.41) is 9.70. The van der Waals surface area contributed by atoms with Crippen molar-refractivity contribution in [2.24, 2.45) is 5.41 Å². The second kappa shape index (κ2) is 13.1. The molecule has 4 atom stereocenters. The Bertz CT molecular complexity index is 1090. The van der Waals surface area contributed by atoms with Crippen LogP contribution in [0, 0.1) is 5.41 Å². The van der Waals surface area contributed by atoms with Gasteiger partial charge in [0.15, 0.2) is 0 Å². The van der Waals surface area contributed by atoms with Crippen molar-refractivity contribution >= 4 is 29.1 Å². The van der Waals surface area contributed by atoms with Crippen molar-refractivity contribution in [2.45, 2.75) is 123 Å². The molecule has 1 saturated heterocycles. The first-order valence-corrected chi connectivity index (χ1v) is 15.3. The van der Waals surface area contributed by atoms with Crippen molar-refractivity contribution in [2.75, 3.05) is 16.8 Å². The Morgan fingerprint density at radius 1 is 1.07 bits per heavy atom. The lowest BCUT2D eigenvalue weighted by Crippen LogP contribution is -2.57. The molecule has 0 radical (unpaired) electrons. The second-order valence-electron chi connectivity index (χ2n) is 13.0. The van der Waals surface area contributed by atoms with Gasteiger partial charge in [-0.25, -0.2) is 0 Å². The number of likely N-dealkylation sites (tertiary alicyclic amines) is 1. The van der Waals surface area contributed by atoms with Crippen molar-refractivity contribution in [1.29, 1.82) is 0 Å². The first kappa shape index (κ1) is 29.9. The van der Waals surface area contributed by atoms with E-state index in [0.29, 0.717) is 19.4 Å². The van der Waals surface area contributed by atoms with Crippen LogP contribution in [0.4, 0.5) is 11.4 Å². The van der Waals surface area contributed by atoms with Gasteiger partial charge < -0.3 is 25.8 Å². The zero-order valence-electron chi connectivity index (χ0n) is 25.1. The largest absolute Gasteiger partial charge is 0.362 e. The van der Waals surface area contributed by atoms with Gasteiger partial charge >= 0.3 is 0 Å². The molecule has 2 aliphatic heterocycles. The predicted molar refractivity (Wildman–Crippen MR) is 161 cm³/mol. The van der Waals surface area contributed by atoms with Crippen LogP contribution >= 0.6 is 0 Å². The Labute approximate surface area is 240 Å². The van der Waals surface area contributed by atoms with Crippen molar-refractivity contribution in [3.8, 4) is 0 Å². The van der Waals surface area contributed by atoms with Crippen molar-refractivity contribution in [3.63, 3.8) is 0 Å². The number of nitrogens with one attached hydrogen (secondary N) is 3. The molecule has 8 nitrogen and oxygen atoms in total. The number of benzene rings is 1. The zero-order chi connectivity index (χ0) is 28.9. The van der Waals surface area contributed by atoms with E-state index in [1.807, 2.05) is 30.9 Å². The third-order valence-electron chi connectivity index (χ3n) is 8.42. The normalized spacial score (nSPS) is 22.5. The number of rotatable bonds is 9. The van der Waals surface area contributed by atoms with E-state index in [0.717, 1.165) is 43.5 Å². The number of fused-ring (bicyclic) bond motifs is 1. The Morgan fingerprint density at radius 2 is 1.85 bits per heavy atom. The average Bonchev–Trinajstić information content (AvgIpc) is 3.41. The highest BCUT2D eigenvalue weighted by Crippen LogP contribution is 2.40. The van der Waals surface area contributed by atoms with Gasteiger partial charge in [0.2, 0.25) is 17.7 Å². The number of hydrogen-bond donors (Lipinski definition) is 3. The molecule has 4 rings (SSSR count). The topological polar surface area (TPSA) is 93.8 Å². The molecule has 0 saturated carbocycles. The van der Waals surface area contributed by atoms with Crippen LogP contribution in [0.15, 0.2) is 36.0 Å². The molecule has 1 aliphatic carbocycles. The minimum atomic E-state index is -0.912. The lowest BCUT2D eigenvalue weighted by atomic mass is 9.90. The molecule has 1 unspecified atom stereocenters. The minimum absolute atomic E-state index is 0.00367. The van der Waals surface area contributed by atoms with Crippen LogP contribution in [0.1, 0.15) is 98.8 Å². The maximum absolute atomic E-state index is 13.7. The number of nitrogens with zero attached hydrogens (tertiary/aromatic N) is 2. The summed E-state index contributed by atoms with van der Waals surface area (Å²) in [6.07, 6.45) is 10.7. The van der Waals surface area contributed by atoms with Crippen LogP contribution in [-0.2, 0) is 14.4 Å². The number of amides is 3. The Balaban J connectivity index is 1.49. The summed E-state index contributed by atoms with van der Waals surface area (Å²) in [4.78, 5) is 44.0. The maximum Gasteiger partial charge on any atom is 0.243 e. The molecular weight excluding hydrogens is 502 g/mol. The predicted octanol–water partition coefficient (Wildman–Crippen LogP) is 5.31. The zero-order valence-corrected chi connectivity index (χ0v) is 25.1. The quantitative estimate of drug-likeness (QED) is 0.387. The van der Waals surface area contributed by atoms with Gasteiger partial charge in [0.05, 0.1) is 23.8 Å². The number of carbonyl (C=O) groups excluding carboxylic acids is 3. The van der Waals surface area contributed by atoms with E-state index < -0.39 is 6.04 Å². The lowest BCUT2D eigenvalue weighted by Gasteiger charge is -2.34. The monoisotopic (exact) mass is 551 g/mol.